The van der Waals surface area contributed by atoms with E-state index >= 15 is 0 Å². The van der Waals surface area contributed by atoms with Crippen LogP contribution in [-0.2, 0) is 0 Å². The lowest BCUT2D eigenvalue weighted by atomic mass is 9.96. The maximum absolute atomic E-state index is 2.63. The number of hydrogen-bond donors (Lipinski definition) is 0. The number of piperidine rings is 1. The molecule has 4 atom stereocenters. The molecule has 0 amide bonds. The van der Waals surface area contributed by atoms with Crippen LogP contribution in [0.4, 0.5) is 0 Å². The van der Waals surface area contributed by atoms with Gasteiger partial charge in [-0.1, -0.05) is 6.92 Å². The minimum Gasteiger partial charge on any atom is -0.288 e. The van der Waals surface area contributed by atoms with Gasteiger partial charge in [0, 0.05) is 17.6 Å². The second-order valence-corrected chi connectivity index (χ2v) is 3.89. The van der Waals surface area contributed by atoms with E-state index in [2.05, 4.69) is 18.7 Å². The second kappa shape index (κ2) is 0.621. The molecule has 1 heteroatoms. The van der Waals surface area contributed by atoms with Crippen molar-refractivity contribution in [2.45, 2.75) is 31.3 Å². The van der Waals surface area contributed by atoms with Gasteiger partial charge in [-0.15, -0.1) is 0 Å². The predicted molar refractivity (Wildman–Crippen MR) is 31.6 cm³/mol. The number of fused-ring (bicyclic) bond motifs is 1. The summed E-state index contributed by atoms with van der Waals surface area (Å²) in [6.45, 7) is 6.17. The monoisotopic (exact) mass is 109 g/mol. The Kier molecular flexibility index (Phi) is 0.302. The molecule has 3 fully saturated rings. The quantitative estimate of drug-likeness (QED) is 0.417. The van der Waals surface area contributed by atoms with Crippen molar-refractivity contribution in [1.82, 2.24) is 4.90 Å². The normalized spacial score (nSPS) is 81.8. The van der Waals surface area contributed by atoms with Gasteiger partial charge in [-0.2, -0.15) is 0 Å². The van der Waals surface area contributed by atoms with Crippen LogP contribution in [0.1, 0.15) is 20.3 Å². The molecule has 2 heterocycles. The molecule has 0 N–H and O–H groups in total. The van der Waals surface area contributed by atoms with Gasteiger partial charge in [0.05, 0.1) is 0 Å². The van der Waals surface area contributed by atoms with E-state index in [1.54, 1.807) is 0 Å². The average Bonchev–Trinajstić information content (AvgIpc) is 2.45. The van der Waals surface area contributed by atoms with E-state index in [9.17, 15) is 0 Å². The summed E-state index contributed by atoms with van der Waals surface area (Å²) in [5, 5.41) is 0. The van der Waals surface area contributed by atoms with Crippen molar-refractivity contribution in [2.75, 3.05) is 6.54 Å². The molecule has 1 spiro atoms. The molecule has 0 bridgehead atoms. The Morgan fingerprint density at radius 2 is 2.38 bits per heavy atom. The highest BCUT2D eigenvalue weighted by Crippen LogP contribution is 2.82. The zero-order valence-corrected chi connectivity index (χ0v) is 5.44. The molecule has 0 radical (unpaired) electrons. The molecular weight excluding hydrogens is 98.1 g/mol. The fourth-order valence-electron chi connectivity index (χ4n) is 2.91. The van der Waals surface area contributed by atoms with Gasteiger partial charge in [0.2, 0.25) is 0 Å². The molecule has 1 aliphatic carbocycles. The Morgan fingerprint density at radius 1 is 1.62 bits per heavy atom. The van der Waals surface area contributed by atoms with Gasteiger partial charge in [0.25, 0.3) is 0 Å². The lowest BCUT2D eigenvalue weighted by Crippen LogP contribution is -2.41. The van der Waals surface area contributed by atoms with Gasteiger partial charge >= 0.3 is 0 Å². The zero-order valence-electron chi connectivity index (χ0n) is 5.44. The maximum atomic E-state index is 2.63. The Balaban J connectivity index is 2.06. The molecular formula is C7H11N. The van der Waals surface area contributed by atoms with Gasteiger partial charge in [0.1, 0.15) is 0 Å². The Morgan fingerprint density at radius 3 is 2.38 bits per heavy atom. The van der Waals surface area contributed by atoms with Crippen molar-refractivity contribution < 1.29 is 0 Å². The minimum absolute atomic E-state index is 0.729. The van der Waals surface area contributed by atoms with Gasteiger partial charge in [0.15, 0.2) is 0 Å². The van der Waals surface area contributed by atoms with Crippen LogP contribution in [0.2, 0.25) is 0 Å². The van der Waals surface area contributed by atoms with Crippen LogP contribution in [0.15, 0.2) is 0 Å². The van der Waals surface area contributed by atoms with E-state index < -0.39 is 0 Å². The highest BCUT2D eigenvalue weighted by Gasteiger charge is 2.93. The van der Waals surface area contributed by atoms with E-state index in [-0.39, 0.29) is 0 Å². The Hall–Kier alpha value is -0.0400. The van der Waals surface area contributed by atoms with E-state index in [4.69, 9.17) is 0 Å². The van der Waals surface area contributed by atoms with E-state index in [0.717, 1.165) is 17.0 Å². The Bertz CT molecular complexity index is 171. The Labute approximate surface area is 49.7 Å². The topological polar surface area (TPSA) is 3.01 Å². The smallest absolute Gasteiger partial charge is 0.0453 e. The van der Waals surface area contributed by atoms with Gasteiger partial charge in [-0.3, -0.25) is 4.90 Å². The first-order valence-electron chi connectivity index (χ1n) is 3.49. The molecule has 0 aromatic carbocycles. The molecule has 3 aliphatic rings. The summed E-state index contributed by atoms with van der Waals surface area (Å²) in [4.78, 5) is 2.63. The van der Waals surface area contributed by atoms with Crippen LogP contribution in [0.25, 0.3) is 0 Å². The van der Waals surface area contributed by atoms with Crippen LogP contribution in [0.5, 0.6) is 0 Å². The summed E-state index contributed by atoms with van der Waals surface area (Å²) in [5.74, 6) is 1.02. The molecule has 1 nitrogen and oxygen atoms in total. The van der Waals surface area contributed by atoms with Gasteiger partial charge < -0.3 is 0 Å². The lowest BCUT2D eigenvalue weighted by molar-refractivity contribution is 0.137. The zero-order chi connectivity index (χ0) is 5.57. The largest absolute Gasteiger partial charge is 0.288 e. The predicted octanol–water partition coefficient (Wildman–Crippen LogP) is 0.853. The van der Waals surface area contributed by atoms with Crippen LogP contribution < -0.4 is 0 Å². The third-order valence-electron chi connectivity index (χ3n) is 3.72. The molecule has 0 aromatic heterocycles. The van der Waals surface area contributed by atoms with Crippen molar-refractivity contribution in [3.63, 3.8) is 0 Å². The van der Waals surface area contributed by atoms with Crippen molar-refractivity contribution >= 4 is 0 Å². The fraction of sp³-hybridized carbons (Fsp3) is 1.00. The van der Waals surface area contributed by atoms with E-state index in [1.165, 1.54) is 13.0 Å². The van der Waals surface area contributed by atoms with Crippen molar-refractivity contribution in [2.24, 2.45) is 5.92 Å². The summed E-state index contributed by atoms with van der Waals surface area (Å²) in [5.41, 5.74) is 1.51. The highest BCUT2D eigenvalue weighted by atomic mass is 15.6. The molecule has 3 rings (SSSR count). The first kappa shape index (κ1) is 3.89. The van der Waals surface area contributed by atoms with Crippen LogP contribution >= 0.6 is 0 Å². The summed E-state index contributed by atoms with van der Waals surface area (Å²) < 4.78 is 0. The highest BCUT2D eigenvalue weighted by molar-refractivity contribution is 5.50. The third-order valence-corrected chi connectivity index (χ3v) is 3.72. The summed E-state index contributed by atoms with van der Waals surface area (Å²) >= 11 is 0. The molecule has 8 heavy (non-hydrogen) atoms. The second-order valence-electron chi connectivity index (χ2n) is 3.89. The first-order chi connectivity index (χ1) is 3.72. The molecule has 2 saturated heterocycles. The summed E-state index contributed by atoms with van der Waals surface area (Å²) in [6, 6.07) is 0. The number of nitrogens with zero attached hydrogens (tertiary/aromatic N) is 1. The molecule has 1 saturated carbocycles. The van der Waals surface area contributed by atoms with Crippen molar-refractivity contribution in [1.29, 1.82) is 0 Å². The van der Waals surface area contributed by atoms with Crippen LogP contribution in [-0.4, -0.2) is 22.5 Å². The van der Waals surface area contributed by atoms with E-state index in [0.29, 0.717) is 0 Å². The summed E-state index contributed by atoms with van der Waals surface area (Å²) in [7, 11) is 0. The third kappa shape index (κ3) is 0.135. The van der Waals surface area contributed by atoms with E-state index in [1.807, 2.05) is 0 Å². The van der Waals surface area contributed by atoms with Crippen molar-refractivity contribution in [3.05, 3.63) is 0 Å². The fourth-order valence-corrected chi connectivity index (χ4v) is 2.91. The maximum Gasteiger partial charge on any atom is 0.0453 e. The average molecular weight is 109 g/mol. The molecule has 0 aromatic rings. The van der Waals surface area contributed by atoms with Crippen molar-refractivity contribution in [3.8, 4) is 0 Å². The first-order valence-corrected chi connectivity index (χ1v) is 3.49. The number of rotatable bonds is 0. The molecule has 3 unspecified atom stereocenters. The van der Waals surface area contributed by atoms with Crippen LogP contribution in [0.3, 0.4) is 0 Å². The van der Waals surface area contributed by atoms with Crippen LogP contribution in [0, 0.1) is 5.92 Å². The molecule has 2 aliphatic heterocycles. The number of hydrogen-bond acceptors (Lipinski definition) is 1. The molecule has 44 valence electrons. The summed E-state index contributed by atoms with van der Waals surface area (Å²) in [6.07, 6.45) is 1.50. The lowest BCUT2D eigenvalue weighted by Gasteiger charge is -2.33. The standard InChI is InChI=1S/C7H11N/c1-5-3-8-6(2)4-7(5,6)8/h5H,3-4H2,1-2H3/t5-,6?,7?,8?/m0/s1. The van der Waals surface area contributed by atoms with Gasteiger partial charge in [-0.25, -0.2) is 0 Å². The SMILES string of the molecule is C[C@H]1CN2C3(C)CC123. The minimum atomic E-state index is 0.729. The van der Waals surface area contributed by atoms with Gasteiger partial charge in [-0.05, 0) is 19.3 Å².